The van der Waals surface area contributed by atoms with E-state index in [9.17, 15) is 14.4 Å². The van der Waals surface area contributed by atoms with E-state index in [4.69, 9.17) is 0 Å². The van der Waals surface area contributed by atoms with Crippen molar-refractivity contribution in [1.29, 1.82) is 0 Å². The summed E-state index contributed by atoms with van der Waals surface area (Å²) in [5, 5.41) is 0. The molecule has 1 fully saturated rings. The normalized spacial score (nSPS) is 16.7. The fourth-order valence-corrected chi connectivity index (χ4v) is 3.96. The van der Waals surface area contributed by atoms with Crippen LogP contribution in [0.5, 0.6) is 0 Å². The smallest absolute Gasteiger partial charge is 0.194 e. The summed E-state index contributed by atoms with van der Waals surface area (Å²) in [6, 6.07) is 12.0. The molecule has 28 heavy (non-hydrogen) atoms. The molecule has 0 bridgehead atoms. The van der Waals surface area contributed by atoms with Crippen molar-refractivity contribution in [3.05, 3.63) is 82.9 Å². The van der Waals surface area contributed by atoms with Crippen LogP contribution in [0, 0.1) is 0 Å². The molecule has 2 aliphatic rings. The van der Waals surface area contributed by atoms with Crippen molar-refractivity contribution in [2.24, 2.45) is 0 Å². The van der Waals surface area contributed by atoms with E-state index >= 15 is 0 Å². The highest BCUT2D eigenvalue weighted by molar-refractivity contribution is 6.28. The molecule has 0 amide bonds. The molecule has 5 nitrogen and oxygen atoms in total. The summed E-state index contributed by atoms with van der Waals surface area (Å²) in [5.74, 6) is -0.183. The van der Waals surface area contributed by atoms with Crippen LogP contribution in [-0.4, -0.2) is 60.0 Å². The predicted octanol–water partition coefficient (Wildman–Crippen LogP) is 2.33. The highest BCUT2D eigenvalue weighted by Crippen LogP contribution is 2.28. The van der Waals surface area contributed by atoms with Crippen LogP contribution in [0.4, 0.5) is 0 Å². The maximum atomic E-state index is 12.8. The van der Waals surface area contributed by atoms with Crippen molar-refractivity contribution in [3.63, 3.8) is 0 Å². The third kappa shape index (κ3) is 3.46. The minimum atomic E-state index is -0.154. The molecule has 0 unspecified atom stereocenters. The molecule has 4 rings (SSSR count). The summed E-state index contributed by atoms with van der Waals surface area (Å²) < 4.78 is 0. The highest BCUT2D eigenvalue weighted by atomic mass is 16.1. The van der Waals surface area contributed by atoms with Crippen LogP contribution < -0.4 is 0 Å². The largest absolute Gasteiger partial charge is 0.298 e. The third-order valence-corrected chi connectivity index (χ3v) is 5.31. The topological polar surface area (TPSA) is 57.7 Å². The Morgan fingerprint density at radius 1 is 0.929 bits per heavy atom. The van der Waals surface area contributed by atoms with Gasteiger partial charge in [0.1, 0.15) is 0 Å². The summed E-state index contributed by atoms with van der Waals surface area (Å²) in [6.45, 7) is 7.54. The number of Topliss-reactive ketones (excluding diaryl/α,β-unsaturated/α-hetero) is 1. The third-order valence-electron chi connectivity index (χ3n) is 5.31. The fraction of sp³-hybridized carbons (Fsp3) is 0.261. The Labute approximate surface area is 164 Å². The molecular formula is C23H22N2O3. The quantitative estimate of drug-likeness (QED) is 0.620. The van der Waals surface area contributed by atoms with Gasteiger partial charge in [0.25, 0.3) is 0 Å². The van der Waals surface area contributed by atoms with Crippen molar-refractivity contribution >= 4 is 17.3 Å². The van der Waals surface area contributed by atoms with Gasteiger partial charge in [0, 0.05) is 48.3 Å². The monoisotopic (exact) mass is 374 g/mol. The molecule has 5 heteroatoms. The molecule has 1 aliphatic carbocycles. The lowest BCUT2D eigenvalue weighted by Crippen LogP contribution is -2.31. The second kappa shape index (κ2) is 7.62. The van der Waals surface area contributed by atoms with Crippen molar-refractivity contribution in [2.45, 2.75) is 6.42 Å². The van der Waals surface area contributed by atoms with Gasteiger partial charge in [-0.1, -0.05) is 42.5 Å². The Morgan fingerprint density at radius 2 is 1.57 bits per heavy atom. The van der Waals surface area contributed by atoms with E-state index in [0.29, 0.717) is 28.8 Å². The Kier molecular flexibility index (Phi) is 5.03. The van der Waals surface area contributed by atoms with Crippen molar-refractivity contribution in [1.82, 2.24) is 9.80 Å². The standard InChI is InChI=1S/C23H22N2O3/c1-2-9-24-10-11-25(15-24)14-17(26)12-16-7-8-20-21(13-16)23(28)19-6-4-3-5-18(19)22(20)27/h2-8,13H,1,9-12,14-15H2. The molecule has 0 N–H and O–H groups in total. The second-order valence-electron chi connectivity index (χ2n) is 7.36. The lowest BCUT2D eigenvalue weighted by Gasteiger charge is -2.18. The Balaban J connectivity index is 1.47. The lowest BCUT2D eigenvalue weighted by molar-refractivity contribution is -0.119. The molecular weight excluding hydrogens is 352 g/mol. The molecule has 1 saturated heterocycles. The van der Waals surface area contributed by atoms with Crippen molar-refractivity contribution < 1.29 is 14.4 Å². The van der Waals surface area contributed by atoms with Gasteiger partial charge in [-0.15, -0.1) is 6.58 Å². The summed E-state index contributed by atoms with van der Waals surface area (Å²) in [4.78, 5) is 42.3. The van der Waals surface area contributed by atoms with Crippen LogP contribution in [0.2, 0.25) is 0 Å². The Bertz CT molecular complexity index is 980. The summed E-state index contributed by atoms with van der Waals surface area (Å²) in [6.07, 6.45) is 2.13. The molecule has 0 atom stereocenters. The van der Waals surface area contributed by atoms with Gasteiger partial charge in [-0.25, -0.2) is 0 Å². The zero-order valence-electron chi connectivity index (χ0n) is 15.7. The second-order valence-corrected chi connectivity index (χ2v) is 7.36. The van der Waals surface area contributed by atoms with E-state index in [1.807, 2.05) is 6.08 Å². The molecule has 1 heterocycles. The van der Waals surface area contributed by atoms with E-state index in [-0.39, 0.29) is 23.8 Å². The van der Waals surface area contributed by atoms with Crippen LogP contribution in [0.1, 0.15) is 37.4 Å². The average molecular weight is 374 g/mol. The molecule has 2 aromatic carbocycles. The van der Waals surface area contributed by atoms with Crippen LogP contribution in [0.15, 0.2) is 55.1 Å². The van der Waals surface area contributed by atoms with Gasteiger partial charge in [0.2, 0.25) is 0 Å². The number of carbonyl (C=O) groups excluding carboxylic acids is 3. The molecule has 142 valence electrons. The van der Waals surface area contributed by atoms with E-state index < -0.39 is 0 Å². The molecule has 0 spiro atoms. The Morgan fingerprint density at radius 3 is 2.29 bits per heavy atom. The number of hydrogen-bond acceptors (Lipinski definition) is 5. The van der Waals surface area contributed by atoms with Gasteiger partial charge < -0.3 is 0 Å². The number of fused-ring (bicyclic) bond motifs is 2. The molecule has 0 aromatic heterocycles. The van der Waals surface area contributed by atoms with Gasteiger partial charge in [-0.05, 0) is 11.6 Å². The molecule has 1 aliphatic heterocycles. The Hall–Kier alpha value is -2.89. The zero-order valence-corrected chi connectivity index (χ0v) is 15.7. The number of ketones is 3. The predicted molar refractivity (Wildman–Crippen MR) is 107 cm³/mol. The van der Waals surface area contributed by atoms with Gasteiger partial charge in [-0.3, -0.25) is 24.2 Å². The van der Waals surface area contributed by atoms with Gasteiger partial charge >= 0.3 is 0 Å². The molecule has 2 aromatic rings. The van der Waals surface area contributed by atoms with Crippen LogP contribution >= 0.6 is 0 Å². The van der Waals surface area contributed by atoms with Gasteiger partial charge in [-0.2, -0.15) is 0 Å². The summed E-state index contributed by atoms with van der Waals surface area (Å²) >= 11 is 0. The van der Waals surface area contributed by atoms with E-state index in [2.05, 4.69) is 16.4 Å². The first-order chi connectivity index (χ1) is 13.6. The SMILES string of the molecule is C=CCN1CCN(CC(=O)Cc2ccc3c(c2)C(=O)c2ccccc2C3=O)C1. The highest BCUT2D eigenvalue weighted by Gasteiger charge is 2.29. The maximum Gasteiger partial charge on any atom is 0.194 e. The minimum Gasteiger partial charge on any atom is -0.298 e. The number of hydrogen-bond donors (Lipinski definition) is 0. The number of carbonyl (C=O) groups is 3. The average Bonchev–Trinajstić information content (AvgIpc) is 3.13. The van der Waals surface area contributed by atoms with E-state index in [1.54, 1.807) is 42.5 Å². The van der Waals surface area contributed by atoms with Crippen LogP contribution in [-0.2, 0) is 11.2 Å². The first-order valence-electron chi connectivity index (χ1n) is 9.45. The fourth-order valence-electron chi connectivity index (χ4n) is 3.96. The van der Waals surface area contributed by atoms with Gasteiger partial charge in [0.05, 0.1) is 13.2 Å². The summed E-state index contributed by atoms with van der Waals surface area (Å²) in [5.41, 5.74) is 2.46. The number of rotatable bonds is 6. The minimum absolute atomic E-state index is 0.107. The molecule has 0 saturated carbocycles. The lowest BCUT2D eigenvalue weighted by atomic mass is 9.83. The van der Waals surface area contributed by atoms with Crippen LogP contribution in [0.3, 0.4) is 0 Å². The van der Waals surface area contributed by atoms with Crippen molar-refractivity contribution in [2.75, 3.05) is 32.8 Å². The first kappa shape index (κ1) is 18.5. The van der Waals surface area contributed by atoms with E-state index in [1.165, 1.54) is 0 Å². The van der Waals surface area contributed by atoms with Crippen LogP contribution in [0.25, 0.3) is 0 Å². The zero-order chi connectivity index (χ0) is 19.7. The maximum absolute atomic E-state index is 12.8. The first-order valence-corrected chi connectivity index (χ1v) is 9.45. The van der Waals surface area contributed by atoms with E-state index in [0.717, 1.165) is 31.9 Å². The number of benzene rings is 2. The van der Waals surface area contributed by atoms with Crippen molar-refractivity contribution in [3.8, 4) is 0 Å². The number of nitrogens with zero attached hydrogens (tertiary/aromatic N) is 2. The summed E-state index contributed by atoms with van der Waals surface area (Å²) in [7, 11) is 0. The molecule has 0 radical (unpaired) electrons. The van der Waals surface area contributed by atoms with Gasteiger partial charge in [0.15, 0.2) is 17.3 Å².